The number of anilines is 1. The maximum Gasteiger partial charge on any atom is 0.329 e. The number of hydrogen-bond donors (Lipinski definition) is 2. The molecule has 0 fully saturated rings. The Labute approximate surface area is 257 Å². The molecular formula is C35H37N3O4S. The van der Waals surface area contributed by atoms with Crippen molar-refractivity contribution in [1.29, 1.82) is 0 Å². The van der Waals surface area contributed by atoms with Crippen LogP contribution in [-0.2, 0) is 37.7 Å². The predicted molar refractivity (Wildman–Crippen MR) is 171 cm³/mol. The van der Waals surface area contributed by atoms with E-state index >= 15 is 0 Å². The number of thioether (sulfide) groups is 1. The Morgan fingerprint density at radius 2 is 1.26 bits per heavy atom. The summed E-state index contributed by atoms with van der Waals surface area (Å²) >= 11 is 1.55. The van der Waals surface area contributed by atoms with Crippen LogP contribution in [0.2, 0.25) is 0 Å². The van der Waals surface area contributed by atoms with Crippen LogP contribution < -0.4 is 10.6 Å². The van der Waals surface area contributed by atoms with Gasteiger partial charge in [-0.25, -0.2) is 9.78 Å². The Balaban J connectivity index is 1.54. The SMILES string of the molecule is COC(=O)[C@H](CSCc1ccccc1)NC(=O)C(Cc1ccccc1)CC(Cc1ccccc1)C(=O)Nc1ccccn1. The lowest BCUT2D eigenvalue weighted by Gasteiger charge is -2.25. The molecule has 1 heterocycles. The minimum atomic E-state index is -0.820. The maximum atomic E-state index is 13.9. The second-order valence-electron chi connectivity index (χ2n) is 10.3. The van der Waals surface area contributed by atoms with E-state index in [0.717, 1.165) is 16.7 Å². The lowest BCUT2D eigenvalue weighted by molar-refractivity contribution is -0.145. The van der Waals surface area contributed by atoms with Crippen LogP contribution >= 0.6 is 11.8 Å². The number of amides is 2. The highest BCUT2D eigenvalue weighted by atomic mass is 32.2. The van der Waals surface area contributed by atoms with Gasteiger partial charge in [-0.2, -0.15) is 11.8 Å². The Morgan fingerprint density at radius 3 is 1.79 bits per heavy atom. The molecule has 3 aromatic carbocycles. The Morgan fingerprint density at radius 1 is 0.721 bits per heavy atom. The summed E-state index contributed by atoms with van der Waals surface area (Å²) in [6.07, 6.45) is 2.76. The zero-order chi connectivity index (χ0) is 30.3. The lowest BCUT2D eigenvalue weighted by Crippen LogP contribution is -2.47. The molecule has 2 unspecified atom stereocenters. The number of ether oxygens (including phenoxy) is 1. The third-order valence-electron chi connectivity index (χ3n) is 7.07. The smallest absolute Gasteiger partial charge is 0.329 e. The number of carbonyl (C=O) groups is 3. The number of methoxy groups -OCH3 is 1. The molecular weight excluding hydrogens is 558 g/mol. The van der Waals surface area contributed by atoms with Gasteiger partial charge in [0, 0.05) is 29.5 Å². The Hall–Kier alpha value is -4.43. The molecule has 43 heavy (non-hydrogen) atoms. The number of aromatic nitrogens is 1. The topological polar surface area (TPSA) is 97.4 Å². The van der Waals surface area contributed by atoms with Gasteiger partial charge < -0.3 is 15.4 Å². The van der Waals surface area contributed by atoms with E-state index in [1.165, 1.54) is 7.11 Å². The third-order valence-corrected chi connectivity index (χ3v) is 8.18. The molecule has 0 aliphatic carbocycles. The summed E-state index contributed by atoms with van der Waals surface area (Å²) in [4.78, 5) is 44.5. The molecule has 2 amide bonds. The maximum absolute atomic E-state index is 13.9. The van der Waals surface area contributed by atoms with E-state index in [2.05, 4.69) is 15.6 Å². The van der Waals surface area contributed by atoms with E-state index in [1.54, 1.807) is 30.1 Å². The molecule has 0 saturated heterocycles. The van der Waals surface area contributed by atoms with Crippen LogP contribution in [-0.4, -0.2) is 41.7 Å². The van der Waals surface area contributed by atoms with Crippen LogP contribution in [0.3, 0.4) is 0 Å². The van der Waals surface area contributed by atoms with E-state index in [-0.39, 0.29) is 18.2 Å². The highest BCUT2D eigenvalue weighted by molar-refractivity contribution is 7.98. The average Bonchev–Trinajstić information content (AvgIpc) is 3.05. The molecule has 0 saturated carbocycles. The van der Waals surface area contributed by atoms with Crippen molar-refractivity contribution in [3.8, 4) is 0 Å². The summed E-state index contributed by atoms with van der Waals surface area (Å²) in [5, 5.41) is 5.88. The molecule has 0 aliphatic heterocycles. The van der Waals surface area contributed by atoms with Crippen molar-refractivity contribution < 1.29 is 19.1 Å². The van der Waals surface area contributed by atoms with Gasteiger partial charge in [0.15, 0.2) is 0 Å². The first kappa shape index (κ1) is 31.5. The van der Waals surface area contributed by atoms with Crippen molar-refractivity contribution >= 4 is 35.4 Å². The van der Waals surface area contributed by atoms with Crippen molar-refractivity contribution in [2.45, 2.75) is 31.1 Å². The number of rotatable bonds is 15. The van der Waals surface area contributed by atoms with E-state index in [4.69, 9.17) is 4.74 Å². The predicted octanol–water partition coefficient (Wildman–Crippen LogP) is 5.72. The van der Waals surface area contributed by atoms with Crippen molar-refractivity contribution in [3.63, 3.8) is 0 Å². The van der Waals surface area contributed by atoms with Gasteiger partial charge >= 0.3 is 5.97 Å². The fourth-order valence-electron chi connectivity index (χ4n) is 4.84. The van der Waals surface area contributed by atoms with Crippen LogP contribution in [0.1, 0.15) is 23.1 Å². The largest absolute Gasteiger partial charge is 0.467 e. The summed E-state index contributed by atoms with van der Waals surface area (Å²) in [5.41, 5.74) is 3.10. The first-order chi connectivity index (χ1) is 21.0. The number of pyridine rings is 1. The zero-order valence-corrected chi connectivity index (χ0v) is 25.0. The summed E-state index contributed by atoms with van der Waals surface area (Å²) in [5.74, 6) is -0.579. The third kappa shape index (κ3) is 10.4. The van der Waals surface area contributed by atoms with Crippen molar-refractivity contribution in [3.05, 3.63) is 132 Å². The number of benzene rings is 3. The van der Waals surface area contributed by atoms with Gasteiger partial charge in [0.1, 0.15) is 11.9 Å². The van der Waals surface area contributed by atoms with E-state index in [0.29, 0.717) is 30.2 Å². The number of nitrogens with one attached hydrogen (secondary N) is 2. The van der Waals surface area contributed by atoms with E-state index in [9.17, 15) is 14.4 Å². The summed E-state index contributed by atoms with van der Waals surface area (Å²) < 4.78 is 5.04. The van der Waals surface area contributed by atoms with Gasteiger partial charge in [-0.05, 0) is 48.1 Å². The second-order valence-corrected chi connectivity index (χ2v) is 11.3. The van der Waals surface area contributed by atoms with Crippen LogP contribution in [0.4, 0.5) is 5.82 Å². The molecule has 0 aliphatic rings. The summed E-state index contributed by atoms with van der Waals surface area (Å²) in [6.45, 7) is 0. The van der Waals surface area contributed by atoms with E-state index < -0.39 is 23.8 Å². The first-order valence-electron chi connectivity index (χ1n) is 14.3. The van der Waals surface area contributed by atoms with Crippen molar-refractivity contribution in [2.75, 3.05) is 18.2 Å². The molecule has 222 valence electrons. The minimum absolute atomic E-state index is 0.212. The van der Waals surface area contributed by atoms with Gasteiger partial charge in [-0.3, -0.25) is 9.59 Å². The quantitative estimate of drug-likeness (QED) is 0.171. The number of hydrogen-bond acceptors (Lipinski definition) is 6. The van der Waals surface area contributed by atoms with Gasteiger partial charge in [0.05, 0.1) is 7.11 Å². The molecule has 1 aromatic heterocycles. The summed E-state index contributed by atoms with van der Waals surface area (Å²) in [6, 6.07) is 33.9. The molecule has 7 nitrogen and oxygen atoms in total. The lowest BCUT2D eigenvalue weighted by atomic mass is 9.84. The second kappa shape index (κ2) is 16.9. The fraction of sp³-hybridized carbons (Fsp3) is 0.257. The van der Waals surface area contributed by atoms with Crippen LogP contribution in [0.25, 0.3) is 0 Å². The molecule has 0 radical (unpaired) electrons. The molecule has 0 bridgehead atoms. The summed E-state index contributed by atoms with van der Waals surface area (Å²) in [7, 11) is 1.32. The molecule has 4 aromatic rings. The zero-order valence-electron chi connectivity index (χ0n) is 24.2. The average molecular weight is 596 g/mol. The van der Waals surface area contributed by atoms with E-state index in [1.807, 2.05) is 97.1 Å². The van der Waals surface area contributed by atoms with Gasteiger partial charge in [0.25, 0.3) is 0 Å². The van der Waals surface area contributed by atoms with Gasteiger partial charge in [0.2, 0.25) is 11.8 Å². The fourth-order valence-corrected chi connectivity index (χ4v) is 5.84. The Kier molecular flexibility index (Phi) is 12.4. The monoisotopic (exact) mass is 595 g/mol. The van der Waals surface area contributed by atoms with Gasteiger partial charge in [-0.1, -0.05) is 97.1 Å². The van der Waals surface area contributed by atoms with Crippen LogP contribution in [0.5, 0.6) is 0 Å². The molecule has 3 atom stereocenters. The van der Waals surface area contributed by atoms with Crippen molar-refractivity contribution in [1.82, 2.24) is 10.3 Å². The number of esters is 1. The number of carbonyl (C=O) groups excluding carboxylic acids is 3. The minimum Gasteiger partial charge on any atom is -0.467 e. The van der Waals surface area contributed by atoms with Crippen molar-refractivity contribution in [2.24, 2.45) is 11.8 Å². The normalized spacial score (nSPS) is 12.9. The van der Waals surface area contributed by atoms with Crippen LogP contribution in [0, 0.1) is 11.8 Å². The molecule has 0 spiro atoms. The standard InChI is InChI=1S/C35H37N3O4S/c1-42-35(41)31(25-43-24-28-17-9-4-10-18-28)37-33(39)29(21-26-13-5-2-6-14-26)23-30(22-27-15-7-3-8-16-27)34(40)38-32-19-11-12-20-36-32/h2-20,29-31H,21-25H2,1H3,(H,37,39)(H,36,38,40)/t29?,30?,31-/m0/s1. The van der Waals surface area contributed by atoms with Crippen LogP contribution in [0.15, 0.2) is 115 Å². The molecule has 2 N–H and O–H groups in total. The Bertz CT molecular complexity index is 1420. The number of nitrogens with zero attached hydrogens (tertiary/aromatic N) is 1. The van der Waals surface area contributed by atoms with Gasteiger partial charge in [-0.15, -0.1) is 0 Å². The molecule has 4 rings (SSSR count). The molecule has 8 heteroatoms. The highest BCUT2D eigenvalue weighted by Gasteiger charge is 2.31. The first-order valence-corrected chi connectivity index (χ1v) is 15.5. The highest BCUT2D eigenvalue weighted by Crippen LogP contribution is 2.24.